The van der Waals surface area contributed by atoms with Gasteiger partial charge in [0.05, 0.1) is 5.56 Å². The number of rotatable bonds is 1. The first-order valence-electron chi connectivity index (χ1n) is 4.79. The Labute approximate surface area is 87.6 Å². The standard InChI is InChI=1S/C10H11BO4/c1-6-5-7-3-2-4-8(10(12)13)9(7)15-11(6)14/h2-4,6,14H,5H2,1H3,(H,12,13). The molecular formula is C10H11BO4. The minimum Gasteiger partial charge on any atom is -0.535 e. The summed E-state index contributed by atoms with van der Waals surface area (Å²) < 4.78 is 5.21. The first kappa shape index (κ1) is 10.0. The van der Waals surface area contributed by atoms with Crippen LogP contribution in [0.15, 0.2) is 18.2 Å². The number of hydrogen-bond donors (Lipinski definition) is 2. The molecule has 1 aliphatic heterocycles. The molecule has 1 heterocycles. The molecular weight excluding hydrogens is 195 g/mol. The van der Waals surface area contributed by atoms with Crippen molar-refractivity contribution < 1.29 is 19.6 Å². The smallest absolute Gasteiger partial charge is 0.525 e. The molecule has 1 aromatic rings. The first-order chi connectivity index (χ1) is 7.09. The van der Waals surface area contributed by atoms with Crippen LogP contribution in [0.4, 0.5) is 0 Å². The fourth-order valence-corrected chi connectivity index (χ4v) is 1.74. The maximum Gasteiger partial charge on any atom is 0.525 e. The maximum absolute atomic E-state index is 10.9. The molecule has 15 heavy (non-hydrogen) atoms. The summed E-state index contributed by atoms with van der Waals surface area (Å²) in [6.45, 7) is 1.86. The van der Waals surface area contributed by atoms with Gasteiger partial charge in [-0.2, -0.15) is 0 Å². The maximum atomic E-state index is 10.9. The largest absolute Gasteiger partial charge is 0.535 e. The van der Waals surface area contributed by atoms with Crippen molar-refractivity contribution in [2.45, 2.75) is 19.2 Å². The van der Waals surface area contributed by atoms with E-state index in [2.05, 4.69) is 0 Å². The molecule has 2 rings (SSSR count). The van der Waals surface area contributed by atoms with Crippen LogP contribution in [-0.4, -0.2) is 23.2 Å². The topological polar surface area (TPSA) is 66.8 Å². The van der Waals surface area contributed by atoms with E-state index in [1.807, 2.05) is 13.0 Å². The summed E-state index contributed by atoms with van der Waals surface area (Å²) >= 11 is 0. The van der Waals surface area contributed by atoms with Gasteiger partial charge < -0.3 is 14.8 Å². The van der Waals surface area contributed by atoms with Crippen LogP contribution >= 0.6 is 0 Å². The van der Waals surface area contributed by atoms with Crippen LogP contribution in [0.2, 0.25) is 5.82 Å². The fraction of sp³-hybridized carbons (Fsp3) is 0.300. The highest BCUT2D eigenvalue weighted by atomic mass is 16.5. The minimum atomic E-state index is -1.03. The Hall–Kier alpha value is -1.49. The lowest BCUT2D eigenvalue weighted by molar-refractivity contribution is 0.0694. The van der Waals surface area contributed by atoms with E-state index in [1.165, 1.54) is 6.07 Å². The lowest BCUT2D eigenvalue weighted by Gasteiger charge is -2.25. The molecule has 0 bridgehead atoms. The zero-order valence-electron chi connectivity index (χ0n) is 8.30. The normalized spacial score (nSPS) is 19.3. The van der Waals surface area contributed by atoms with Gasteiger partial charge in [-0.05, 0) is 18.1 Å². The van der Waals surface area contributed by atoms with Crippen molar-refractivity contribution in [1.29, 1.82) is 0 Å². The van der Waals surface area contributed by atoms with Gasteiger partial charge in [0.2, 0.25) is 0 Å². The highest BCUT2D eigenvalue weighted by Gasteiger charge is 2.33. The van der Waals surface area contributed by atoms with Crippen molar-refractivity contribution in [3.63, 3.8) is 0 Å². The molecule has 0 saturated heterocycles. The van der Waals surface area contributed by atoms with Crippen molar-refractivity contribution in [2.24, 2.45) is 0 Å². The zero-order chi connectivity index (χ0) is 11.0. The lowest BCUT2D eigenvalue weighted by atomic mass is 9.68. The Morgan fingerprint density at radius 1 is 1.60 bits per heavy atom. The van der Waals surface area contributed by atoms with Gasteiger partial charge in [0.15, 0.2) is 0 Å². The predicted octanol–water partition coefficient (Wildman–Crippen LogP) is 1.19. The van der Waals surface area contributed by atoms with Gasteiger partial charge in [-0.1, -0.05) is 19.1 Å². The molecule has 1 aliphatic rings. The third-order valence-electron chi connectivity index (χ3n) is 2.59. The quantitative estimate of drug-likeness (QED) is 0.677. The van der Waals surface area contributed by atoms with Crippen LogP contribution in [0.5, 0.6) is 5.75 Å². The third-order valence-corrected chi connectivity index (χ3v) is 2.59. The molecule has 1 aromatic carbocycles. The molecule has 0 radical (unpaired) electrons. The Morgan fingerprint density at radius 3 is 3.00 bits per heavy atom. The van der Waals surface area contributed by atoms with Crippen LogP contribution < -0.4 is 4.65 Å². The summed E-state index contributed by atoms with van der Waals surface area (Å²) in [4.78, 5) is 10.9. The molecule has 0 spiro atoms. The average Bonchev–Trinajstić information content (AvgIpc) is 2.18. The van der Waals surface area contributed by atoms with E-state index in [-0.39, 0.29) is 11.4 Å². The molecule has 1 unspecified atom stereocenters. The third kappa shape index (κ3) is 1.70. The van der Waals surface area contributed by atoms with E-state index in [9.17, 15) is 9.82 Å². The van der Waals surface area contributed by atoms with Gasteiger partial charge in [0.1, 0.15) is 5.75 Å². The van der Waals surface area contributed by atoms with Crippen molar-refractivity contribution >= 4 is 13.1 Å². The van der Waals surface area contributed by atoms with Crippen molar-refractivity contribution in [3.8, 4) is 5.75 Å². The molecule has 0 saturated carbocycles. The summed E-state index contributed by atoms with van der Waals surface area (Å²) in [5.74, 6) is -0.745. The molecule has 0 fully saturated rings. The monoisotopic (exact) mass is 206 g/mol. The van der Waals surface area contributed by atoms with Gasteiger partial charge in [0, 0.05) is 5.82 Å². The second-order valence-corrected chi connectivity index (χ2v) is 3.79. The number of aromatic carboxylic acids is 1. The lowest BCUT2D eigenvalue weighted by Crippen LogP contribution is -2.33. The molecule has 0 amide bonds. The van der Waals surface area contributed by atoms with Gasteiger partial charge in [-0.3, -0.25) is 0 Å². The van der Waals surface area contributed by atoms with E-state index in [1.54, 1.807) is 6.07 Å². The van der Waals surface area contributed by atoms with Crippen LogP contribution in [0, 0.1) is 0 Å². The molecule has 5 heteroatoms. The van der Waals surface area contributed by atoms with E-state index >= 15 is 0 Å². The first-order valence-corrected chi connectivity index (χ1v) is 4.79. The SMILES string of the molecule is CC1Cc2cccc(C(=O)O)c2OB1O. The molecule has 4 nitrogen and oxygen atoms in total. The molecule has 0 aromatic heterocycles. The van der Waals surface area contributed by atoms with Crippen LogP contribution in [-0.2, 0) is 6.42 Å². The Kier molecular flexibility index (Phi) is 2.40. The molecule has 0 aliphatic carbocycles. The van der Waals surface area contributed by atoms with E-state index in [4.69, 9.17) is 9.76 Å². The van der Waals surface area contributed by atoms with Gasteiger partial charge in [-0.25, -0.2) is 4.79 Å². The Balaban J connectivity index is 2.48. The summed E-state index contributed by atoms with van der Waals surface area (Å²) in [6.07, 6.45) is 0.637. The van der Waals surface area contributed by atoms with Crippen molar-refractivity contribution in [1.82, 2.24) is 0 Å². The second kappa shape index (κ2) is 3.58. The minimum absolute atomic E-state index is 0.0125. The highest BCUT2D eigenvalue weighted by Crippen LogP contribution is 2.34. The van der Waals surface area contributed by atoms with Gasteiger partial charge in [0.25, 0.3) is 0 Å². The Bertz CT molecular complexity index is 404. The number of fused-ring (bicyclic) bond motifs is 1. The van der Waals surface area contributed by atoms with Crippen LogP contribution in [0.3, 0.4) is 0 Å². The second-order valence-electron chi connectivity index (χ2n) is 3.79. The van der Waals surface area contributed by atoms with Crippen molar-refractivity contribution in [3.05, 3.63) is 29.3 Å². The molecule has 78 valence electrons. The van der Waals surface area contributed by atoms with Gasteiger partial charge in [-0.15, -0.1) is 0 Å². The summed E-state index contributed by atoms with van der Waals surface area (Å²) in [5.41, 5.74) is 0.950. The Morgan fingerprint density at radius 2 is 2.33 bits per heavy atom. The average molecular weight is 206 g/mol. The van der Waals surface area contributed by atoms with Gasteiger partial charge >= 0.3 is 13.1 Å². The number of carbonyl (C=O) groups is 1. The highest BCUT2D eigenvalue weighted by molar-refractivity contribution is 6.46. The van der Waals surface area contributed by atoms with Crippen LogP contribution in [0.25, 0.3) is 0 Å². The summed E-state index contributed by atoms with van der Waals surface area (Å²) in [5, 5.41) is 18.4. The number of carboxylic acids is 1. The van der Waals surface area contributed by atoms with E-state index < -0.39 is 13.1 Å². The number of benzene rings is 1. The zero-order valence-corrected chi connectivity index (χ0v) is 8.30. The molecule has 2 N–H and O–H groups in total. The number of para-hydroxylation sites is 1. The van der Waals surface area contributed by atoms with E-state index in [0.29, 0.717) is 12.2 Å². The number of carboxylic acid groups (broad SMARTS) is 1. The van der Waals surface area contributed by atoms with Crippen molar-refractivity contribution in [2.75, 3.05) is 0 Å². The predicted molar refractivity (Wildman–Crippen MR) is 55.1 cm³/mol. The molecule has 1 atom stereocenters. The van der Waals surface area contributed by atoms with Crippen LogP contribution in [0.1, 0.15) is 22.8 Å². The number of hydrogen-bond acceptors (Lipinski definition) is 3. The summed E-state index contributed by atoms with van der Waals surface area (Å²) in [6, 6.07) is 4.99. The summed E-state index contributed by atoms with van der Waals surface area (Å²) in [7, 11) is -0.919. The van der Waals surface area contributed by atoms with E-state index in [0.717, 1.165) is 5.56 Å². The fourth-order valence-electron chi connectivity index (χ4n) is 1.74.